The summed E-state index contributed by atoms with van der Waals surface area (Å²) in [6.07, 6.45) is -6.32. The first-order valence-electron chi connectivity index (χ1n) is 8.48. The molecule has 0 aliphatic carbocycles. The highest BCUT2D eigenvalue weighted by molar-refractivity contribution is 8.01. The molecule has 0 spiro atoms. The highest BCUT2D eigenvalue weighted by Crippen LogP contribution is 2.60. The number of nitrogens with zero attached hydrogens (tertiary/aromatic N) is 2. The van der Waals surface area contributed by atoms with Crippen molar-refractivity contribution in [2.75, 3.05) is 12.0 Å². The van der Waals surface area contributed by atoms with E-state index in [2.05, 4.69) is 4.74 Å². The number of anilines is 1. The number of imide groups is 1. The highest BCUT2D eigenvalue weighted by Gasteiger charge is 2.69. The van der Waals surface area contributed by atoms with Crippen LogP contribution in [0.1, 0.15) is 16.7 Å². The van der Waals surface area contributed by atoms with Gasteiger partial charge in [-0.05, 0) is 43.2 Å². The summed E-state index contributed by atoms with van der Waals surface area (Å²) in [7, 11) is 0.966. The van der Waals surface area contributed by atoms with Crippen LogP contribution in [0.25, 0.3) is 0 Å². The van der Waals surface area contributed by atoms with E-state index in [0.29, 0.717) is 16.0 Å². The van der Waals surface area contributed by atoms with Crippen LogP contribution in [0.4, 0.5) is 29.3 Å². The van der Waals surface area contributed by atoms with Gasteiger partial charge < -0.3 is 4.74 Å². The number of alkyl halides is 3. The molecule has 2 amide bonds. The molecule has 0 unspecified atom stereocenters. The number of carbonyl (C=O) groups excluding carboxylic acids is 2. The minimum atomic E-state index is -5.09. The Kier molecular flexibility index (Phi) is 5.27. The second kappa shape index (κ2) is 7.31. The summed E-state index contributed by atoms with van der Waals surface area (Å²) in [5.74, 6) is -1.51. The molecule has 1 aliphatic heterocycles. The summed E-state index contributed by atoms with van der Waals surface area (Å²) in [6.45, 7) is 3.24. The Morgan fingerprint density at radius 2 is 1.73 bits per heavy atom. The third kappa shape index (κ3) is 3.18. The van der Waals surface area contributed by atoms with Gasteiger partial charge in [0.2, 0.25) is 4.75 Å². The number of amides is 2. The van der Waals surface area contributed by atoms with Crippen molar-refractivity contribution in [1.82, 2.24) is 0 Å². The predicted octanol–water partition coefficient (Wildman–Crippen LogP) is 4.87. The molecule has 7 nitrogen and oxygen atoms in total. The van der Waals surface area contributed by atoms with Crippen LogP contribution >= 0.6 is 11.8 Å². The summed E-state index contributed by atoms with van der Waals surface area (Å²) in [5, 5.41) is 10.8. The maximum atomic E-state index is 14.5. The maximum Gasteiger partial charge on any atom is 0.421 e. The number of nitro groups is 1. The number of aryl methyl sites for hydroxylation is 2. The number of benzene rings is 2. The molecule has 1 aliphatic rings. The highest BCUT2D eigenvalue weighted by atomic mass is 32.2. The molecule has 30 heavy (non-hydrogen) atoms. The monoisotopic (exact) mass is 440 g/mol. The second-order valence-electron chi connectivity index (χ2n) is 6.60. The molecule has 1 atom stereocenters. The third-order valence-electron chi connectivity index (χ3n) is 4.81. The van der Waals surface area contributed by atoms with E-state index in [4.69, 9.17) is 0 Å². The van der Waals surface area contributed by atoms with Gasteiger partial charge in [0.25, 0.3) is 11.6 Å². The molecule has 2 aromatic rings. The van der Waals surface area contributed by atoms with Crippen molar-refractivity contribution in [3.05, 3.63) is 63.2 Å². The van der Waals surface area contributed by atoms with Crippen LogP contribution in [0.15, 0.2) is 41.3 Å². The van der Waals surface area contributed by atoms with Crippen LogP contribution in [-0.4, -0.2) is 30.2 Å². The van der Waals surface area contributed by atoms with E-state index in [1.807, 2.05) is 0 Å². The van der Waals surface area contributed by atoms with Crippen molar-refractivity contribution in [2.45, 2.75) is 29.7 Å². The molecule has 0 saturated heterocycles. The molecule has 11 heteroatoms. The lowest BCUT2D eigenvalue weighted by Crippen LogP contribution is -2.49. The zero-order chi connectivity index (χ0) is 22.4. The Morgan fingerprint density at radius 3 is 2.23 bits per heavy atom. The Balaban J connectivity index is 2.25. The number of nitro benzene ring substituents is 1. The van der Waals surface area contributed by atoms with Crippen LogP contribution in [-0.2, 0) is 14.3 Å². The number of thioether (sulfide) groups is 1. The van der Waals surface area contributed by atoms with E-state index < -0.39 is 33.4 Å². The van der Waals surface area contributed by atoms with Crippen LogP contribution in [0, 0.1) is 24.0 Å². The molecule has 0 saturated carbocycles. The maximum absolute atomic E-state index is 14.5. The average molecular weight is 440 g/mol. The van der Waals surface area contributed by atoms with Gasteiger partial charge in [0.1, 0.15) is 0 Å². The summed E-state index contributed by atoms with van der Waals surface area (Å²) in [4.78, 5) is 35.8. The van der Waals surface area contributed by atoms with Gasteiger partial charge in [-0.25, -0.2) is 9.69 Å². The molecule has 0 radical (unpaired) electrons. The van der Waals surface area contributed by atoms with Gasteiger partial charge in [-0.1, -0.05) is 17.8 Å². The quantitative estimate of drug-likeness (QED) is 0.500. The number of hydrogen-bond acceptors (Lipinski definition) is 6. The zero-order valence-electron chi connectivity index (χ0n) is 15.9. The van der Waals surface area contributed by atoms with Crippen molar-refractivity contribution in [2.24, 2.45) is 0 Å². The van der Waals surface area contributed by atoms with Crippen LogP contribution in [0.5, 0.6) is 0 Å². The Labute approximate surface area is 173 Å². The molecule has 158 valence electrons. The third-order valence-corrected chi connectivity index (χ3v) is 6.25. The van der Waals surface area contributed by atoms with E-state index >= 15 is 0 Å². The molecule has 1 heterocycles. The van der Waals surface area contributed by atoms with E-state index in [1.54, 1.807) is 13.8 Å². The molecular formula is C19H15F3N2O5S. The first kappa shape index (κ1) is 21.6. The fraction of sp³-hybridized carbons (Fsp3) is 0.263. The number of ether oxygens (including phenoxy) is 1. The lowest BCUT2D eigenvalue weighted by atomic mass is 9.95. The van der Waals surface area contributed by atoms with Gasteiger partial charge in [-0.2, -0.15) is 13.2 Å². The summed E-state index contributed by atoms with van der Waals surface area (Å²) < 4.78 is 44.9. The van der Waals surface area contributed by atoms with E-state index in [9.17, 15) is 32.9 Å². The van der Waals surface area contributed by atoms with Gasteiger partial charge in [0.05, 0.1) is 17.7 Å². The number of methoxy groups -OCH3 is 1. The number of fused-ring (bicyclic) bond motifs is 1. The Bertz CT molecular complexity index is 1060. The zero-order valence-corrected chi connectivity index (χ0v) is 16.8. The van der Waals surface area contributed by atoms with E-state index in [1.165, 1.54) is 12.1 Å². The summed E-state index contributed by atoms with van der Waals surface area (Å²) >= 11 is 0.176. The molecule has 0 aromatic heterocycles. The molecule has 2 aromatic carbocycles. The number of rotatable bonds is 3. The molecular weight excluding hydrogens is 425 g/mol. The van der Waals surface area contributed by atoms with Crippen molar-refractivity contribution < 1.29 is 32.4 Å². The van der Waals surface area contributed by atoms with Gasteiger partial charge in [0.15, 0.2) is 0 Å². The summed E-state index contributed by atoms with van der Waals surface area (Å²) in [5.41, 5.74) is 0.194. The molecule has 0 N–H and O–H groups in total. The van der Waals surface area contributed by atoms with Crippen LogP contribution < -0.4 is 4.90 Å². The Morgan fingerprint density at radius 1 is 1.17 bits per heavy atom. The van der Waals surface area contributed by atoms with Gasteiger partial charge in [0, 0.05) is 22.6 Å². The van der Waals surface area contributed by atoms with Crippen molar-refractivity contribution in [3.63, 3.8) is 0 Å². The van der Waals surface area contributed by atoms with Gasteiger partial charge >= 0.3 is 12.3 Å². The fourth-order valence-corrected chi connectivity index (χ4v) is 4.36. The summed E-state index contributed by atoms with van der Waals surface area (Å²) in [6, 6.07) is 6.92. The minimum absolute atomic E-state index is 0.0258. The SMILES string of the molecule is COC(=O)N1C(=O)[C@@](Sc2ccc([N+](=O)[O-])cc2)(C(F)(F)F)c2cc(C)c(C)cc21. The minimum Gasteiger partial charge on any atom is -0.452 e. The largest absolute Gasteiger partial charge is 0.452 e. The van der Waals surface area contributed by atoms with E-state index in [0.717, 1.165) is 31.4 Å². The molecule has 3 rings (SSSR count). The smallest absolute Gasteiger partial charge is 0.421 e. The lowest BCUT2D eigenvalue weighted by Gasteiger charge is -2.30. The standard InChI is InChI=1S/C19H15F3N2O5S/c1-10-8-14-15(9-11(10)2)23(17(26)29-3)16(25)18(14,19(20,21)22)30-13-6-4-12(5-7-13)24(27)28/h4-9H,1-3H3/t18-/m1/s1. The fourth-order valence-electron chi connectivity index (χ4n) is 3.17. The second-order valence-corrected chi connectivity index (χ2v) is 7.88. The van der Waals surface area contributed by atoms with Crippen molar-refractivity contribution in [3.8, 4) is 0 Å². The number of carbonyl (C=O) groups is 2. The van der Waals surface area contributed by atoms with Crippen LogP contribution in [0.3, 0.4) is 0 Å². The van der Waals surface area contributed by atoms with Crippen molar-refractivity contribution in [1.29, 1.82) is 0 Å². The van der Waals surface area contributed by atoms with Crippen molar-refractivity contribution >= 4 is 35.1 Å². The Hall–Kier alpha value is -3.08. The number of hydrogen-bond donors (Lipinski definition) is 0. The molecule has 0 bridgehead atoms. The first-order chi connectivity index (χ1) is 13.9. The molecule has 0 fully saturated rings. The number of halogens is 3. The van der Waals surface area contributed by atoms with Gasteiger partial charge in [-0.15, -0.1) is 0 Å². The normalized spacial score (nSPS) is 18.3. The number of non-ortho nitro benzene ring substituents is 1. The van der Waals surface area contributed by atoms with E-state index in [-0.39, 0.29) is 28.0 Å². The average Bonchev–Trinajstić information content (AvgIpc) is 2.90. The first-order valence-corrected chi connectivity index (χ1v) is 9.30. The lowest BCUT2D eigenvalue weighted by molar-refractivity contribution is -0.384. The topological polar surface area (TPSA) is 89.8 Å². The van der Waals surface area contributed by atoms with Crippen LogP contribution in [0.2, 0.25) is 0 Å². The predicted molar refractivity (Wildman–Crippen MR) is 102 cm³/mol. The van der Waals surface area contributed by atoms with Gasteiger partial charge in [-0.3, -0.25) is 14.9 Å².